The molecule has 1 rings (SSSR count). The zero-order chi connectivity index (χ0) is 5.98. The molecule has 0 saturated carbocycles. The Balaban J connectivity index is 2.24. The van der Waals surface area contributed by atoms with Crippen molar-refractivity contribution in [2.24, 2.45) is 0 Å². The molecule has 1 saturated heterocycles. The van der Waals surface area contributed by atoms with Gasteiger partial charge in [0, 0.05) is 6.61 Å². The maximum atomic E-state index is 5.34. The summed E-state index contributed by atoms with van der Waals surface area (Å²) < 4.78 is 5.34. The van der Waals surface area contributed by atoms with Crippen LogP contribution < -0.4 is 0 Å². The fourth-order valence-electron chi connectivity index (χ4n) is 0.968. The molecule has 0 radical (unpaired) electrons. The van der Waals surface area contributed by atoms with Crippen molar-refractivity contribution in [2.75, 3.05) is 20.7 Å². The van der Waals surface area contributed by atoms with E-state index in [9.17, 15) is 0 Å². The van der Waals surface area contributed by atoms with Crippen molar-refractivity contribution >= 4 is 0 Å². The summed E-state index contributed by atoms with van der Waals surface area (Å²) in [5.74, 6) is 0. The van der Waals surface area contributed by atoms with Gasteiger partial charge in [-0.1, -0.05) is 0 Å². The van der Waals surface area contributed by atoms with E-state index in [-0.39, 0.29) is 0 Å². The second-order valence-corrected chi connectivity index (χ2v) is 2.43. The first-order valence-corrected chi connectivity index (χ1v) is 3.09. The predicted molar refractivity (Wildman–Crippen MR) is 32.7 cm³/mol. The molecule has 2 nitrogen and oxygen atoms in total. The van der Waals surface area contributed by atoms with Gasteiger partial charge in [0.1, 0.15) is 6.23 Å². The molecule has 2 heteroatoms. The van der Waals surface area contributed by atoms with Crippen LogP contribution in [0.2, 0.25) is 0 Å². The number of hydrogen-bond acceptors (Lipinski definition) is 2. The Labute approximate surface area is 50.4 Å². The zero-order valence-corrected chi connectivity index (χ0v) is 5.55. The first-order valence-electron chi connectivity index (χ1n) is 3.09. The average molecular weight is 115 g/mol. The van der Waals surface area contributed by atoms with E-state index in [1.165, 1.54) is 12.8 Å². The molecule has 1 aliphatic rings. The molecule has 8 heavy (non-hydrogen) atoms. The molecule has 0 aromatic carbocycles. The van der Waals surface area contributed by atoms with Crippen LogP contribution in [0.5, 0.6) is 0 Å². The Hall–Kier alpha value is -0.0800. The fourth-order valence-corrected chi connectivity index (χ4v) is 0.968. The maximum absolute atomic E-state index is 5.34. The van der Waals surface area contributed by atoms with E-state index in [1.807, 2.05) is 0 Å². The Morgan fingerprint density at radius 2 is 2.25 bits per heavy atom. The molecule has 1 atom stereocenters. The normalized spacial score (nSPS) is 29.6. The highest BCUT2D eigenvalue weighted by atomic mass is 16.5. The van der Waals surface area contributed by atoms with E-state index in [4.69, 9.17) is 4.74 Å². The second-order valence-electron chi connectivity index (χ2n) is 2.43. The van der Waals surface area contributed by atoms with Crippen LogP contribution in [0, 0.1) is 0 Å². The minimum Gasteiger partial charge on any atom is -0.363 e. The van der Waals surface area contributed by atoms with Gasteiger partial charge in [-0.2, -0.15) is 0 Å². The van der Waals surface area contributed by atoms with Crippen LogP contribution >= 0.6 is 0 Å². The summed E-state index contributed by atoms with van der Waals surface area (Å²) in [6.07, 6.45) is 2.82. The van der Waals surface area contributed by atoms with Gasteiger partial charge in [0.2, 0.25) is 0 Å². The lowest BCUT2D eigenvalue weighted by Crippen LogP contribution is -2.26. The molecule has 0 aliphatic carbocycles. The quantitative estimate of drug-likeness (QED) is 0.498. The average Bonchev–Trinajstić information content (AvgIpc) is 2.12. The number of rotatable bonds is 1. The lowest BCUT2D eigenvalue weighted by Gasteiger charge is -2.16. The molecule has 0 spiro atoms. The molecule has 1 heterocycles. The first-order chi connectivity index (χ1) is 3.80. The van der Waals surface area contributed by atoms with Crippen molar-refractivity contribution in [2.45, 2.75) is 19.1 Å². The molecule has 1 fully saturated rings. The molecular formula is C6H13NO. The van der Waals surface area contributed by atoms with Gasteiger partial charge in [0.25, 0.3) is 0 Å². The van der Waals surface area contributed by atoms with E-state index in [0.717, 1.165) is 6.61 Å². The molecule has 0 N–H and O–H groups in total. The van der Waals surface area contributed by atoms with E-state index >= 15 is 0 Å². The van der Waals surface area contributed by atoms with Crippen LogP contribution in [0.4, 0.5) is 0 Å². The minimum atomic E-state index is 0.398. The summed E-state index contributed by atoms with van der Waals surface area (Å²) in [7, 11) is 4.10. The van der Waals surface area contributed by atoms with Gasteiger partial charge in [0.05, 0.1) is 0 Å². The summed E-state index contributed by atoms with van der Waals surface area (Å²) in [6, 6.07) is 0. The Kier molecular flexibility index (Phi) is 1.86. The van der Waals surface area contributed by atoms with E-state index in [0.29, 0.717) is 6.23 Å². The predicted octanol–water partition coefficient (Wildman–Crippen LogP) is 0.684. The van der Waals surface area contributed by atoms with Crippen molar-refractivity contribution in [3.63, 3.8) is 0 Å². The number of hydrogen-bond donors (Lipinski definition) is 0. The van der Waals surface area contributed by atoms with Crippen LogP contribution in [0.3, 0.4) is 0 Å². The highest BCUT2D eigenvalue weighted by molar-refractivity contribution is 4.60. The third-order valence-corrected chi connectivity index (χ3v) is 1.48. The Morgan fingerprint density at radius 3 is 2.50 bits per heavy atom. The van der Waals surface area contributed by atoms with Crippen LogP contribution in [-0.2, 0) is 4.74 Å². The minimum absolute atomic E-state index is 0.398. The lowest BCUT2D eigenvalue weighted by molar-refractivity contribution is 0.00978. The van der Waals surface area contributed by atoms with E-state index < -0.39 is 0 Å². The summed E-state index contributed by atoms with van der Waals surface area (Å²) in [5.41, 5.74) is 0. The summed E-state index contributed by atoms with van der Waals surface area (Å²) >= 11 is 0. The van der Waals surface area contributed by atoms with Gasteiger partial charge in [-0.3, -0.25) is 4.90 Å². The van der Waals surface area contributed by atoms with Gasteiger partial charge in [-0.25, -0.2) is 0 Å². The molecule has 48 valence electrons. The second kappa shape index (κ2) is 2.46. The van der Waals surface area contributed by atoms with Crippen LogP contribution in [0.1, 0.15) is 12.8 Å². The third kappa shape index (κ3) is 1.20. The first kappa shape index (κ1) is 6.05. The highest BCUT2D eigenvalue weighted by Crippen LogP contribution is 2.12. The van der Waals surface area contributed by atoms with Crippen molar-refractivity contribution in [1.82, 2.24) is 4.90 Å². The third-order valence-electron chi connectivity index (χ3n) is 1.48. The molecule has 0 bridgehead atoms. The molecule has 0 amide bonds. The summed E-state index contributed by atoms with van der Waals surface area (Å²) in [5, 5.41) is 0. The van der Waals surface area contributed by atoms with E-state index in [1.54, 1.807) is 0 Å². The standard InChI is InChI=1S/C6H13NO/c1-7(2)6-4-3-5-8-6/h6H,3-5H2,1-2H3. The molecule has 0 aromatic heterocycles. The van der Waals surface area contributed by atoms with Crippen LogP contribution in [-0.4, -0.2) is 31.8 Å². The monoisotopic (exact) mass is 115 g/mol. The number of nitrogens with zero attached hydrogens (tertiary/aromatic N) is 1. The summed E-state index contributed by atoms with van der Waals surface area (Å²) in [6.45, 7) is 0.947. The van der Waals surface area contributed by atoms with Crippen molar-refractivity contribution in [1.29, 1.82) is 0 Å². The smallest absolute Gasteiger partial charge is 0.110 e. The summed E-state index contributed by atoms with van der Waals surface area (Å²) in [4.78, 5) is 2.12. The number of ether oxygens (including phenoxy) is 1. The van der Waals surface area contributed by atoms with Gasteiger partial charge in [-0.05, 0) is 26.9 Å². The van der Waals surface area contributed by atoms with Crippen LogP contribution in [0.15, 0.2) is 0 Å². The molecule has 1 aliphatic heterocycles. The van der Waals surface area contributed by atoms with Crippen LogP contribution in [0.25, 0.3) is 0 Å². The Morgan fingerprint density at radius 1 is 1.50 bits per heavy atom. The largest absolute Gasteiger partial charge is 0.363 e. The zero-order valence-electron chi connectivity index (χ0n) is 5.55. The molecule has 0 aromatic rings. The maximum Gasteiger partial charge on any atom is 0.110 e. The fraction of sp³-hybridized carbons (Fsp3) is 1.00. The van der Waals surface area contributed by atoms with Crippen molar-refractivity contribution < 1.29 is 4.74 Å². The SMILES string of the molecule is CN(C)C1CCCO1. The molecule has 1 unspecified atom stereocenters. The van der Waals surface area contributed by atoms with Gasteiger partial charge in [0.15, 0.2) is 0 Å². The van der Waals surface area contributed by atoms with Crippen molar-refractivity contribution in [3.05, 3.63) is 0 Å². The highest BCUT2D eigenvalue weighted by Gasteiger charge is 2.16. The lowest BCUT2D eigenvalue weighted by atomic mass is 10.3. The topological polar surface area (TPSA) is 12.5 Å². The van der Waals surface area contributed by atoms with Gasteiger partial charge < -0.3 is 4.74 Å². The Bertz CT molecular complexity index is 66.9. The van der Waals surface area contributed by atoms with Gasteiger partial charge >= 0.3 is 0 Å². The van der Waals surface area contributed by atoms with Crippen molar-refractivity contribution in [3.8, 4) is 0 Å². The molecular weight excluding hydrogens is 102 g/mol. The van der Waals surface area contributed by atoms with Gasteiger partial charge in [-0.15, -0.1) is 0 Å². The van der Waals surface area contributed by atoms with E-state index in [2.05, 4.69) is 19.0 Å².